The van der Waals surface area contributed by atoms with Crippen molar-refractivity contribution in [1.82, 2.24) is 4.98 Å². The van der Waals surface area contributed by atoms with Gasteiger partial charge in [-0.3, -0.25) is 4.98 Å². The first-order valence-corrected chi connectivity index (χ1v) is 7.10. The topological polar surface area (TPSA) is 51.4 Å². The van der Waals surface area contributed by atoms with Crippen molar-refractivity contribution < 1.29 is 4.74 Å². The summed E-state index contributed by atoms with van der Waals surface area (Å²) < 4.78 is 6.47. The van der Waals surface area contributed by atoms with E-state index in [1.165, 1.54) is 0 Å². The maximum atomic E-state index is 6.14. The number of halogens is 1. The second kappa shape index (κ2) is 4.98. The van der Waals surface area contributed by atoms with Crippen molar-refractivity contribution in [3.05, 3.63) is 28.9 Å². The molecule has 1 unspecified atom stereocenters. The molecule has 2 aromatic rings. The van der Waals surface area contributed by atoms with Crippen molar-refractivity contribution in [2.75, 3.05) is 30.8 Å². The number of fused-ring (bicyclic) bond motifs is 1. The van der Waals surface area contributed by atoms with Gasteiger partial charge in [0.15, 0.2) is 0 Å². The first-order valence-electron chi connectivity index (χ1n) is 6.30. The quantitative estimate of drug-likeness (QED) is 0.924. The van der Waals surface area contributed by atoms with Crippen LogP contribution >= 0.6 is 15.9 Å². The van der Waals surface area contributed by atoms with Gasteiger partial charge in [-0.2, -0.15) is 0 Å². The molecule has 1 aliphatic heterocycles. The van der Waals surface area contributed by atoms with Crippen LogP contribution in [0.15, 0.2) is 28.9 Å². The molecule has 5 heteroatoms. The average Bonchev–Trinajstić information content (AvgIpc) is 2.87. The van der Waals surface area contributed by atoms with Gasteiger partial charge in [0.05, 0.1) is 29.2 Å². The van der Waals surface area contributed by atoms with E-state index in [1.807, 2.05) is 12.1 Å². The number of hydrogen-bond donors (Lipinski definition) is 1. The smallest absolute Gasteiger partial charge is 0.0762 e. The number of ether oxygens (including phenoxy) is 1. The van der Waals surface area contributed by atoms with Crippen molar-refractivity contribution in [2.45, 2.75) is 12.5 Å². The van der Waals surface area contributed by atoms with E-state index in [0.29, 0.717) is 0 Å². The van der Waals surface area contributed by atoms with Crippen LogP contribution in [0.5, 0.6) is 0 Å². The first-order chi connectivity index (χ1) is 9.19. The molecular formula is C14H16BrN3O. The number of nitrogen functional groups attached to an aromatic ring is 1. The van der Waals surface area contributed by atoms with Gasteiger partial charge in [-0.1, -0.05) is 15.9 Å². The van der Waals surface area contributed by atoms with Gasteiger partial charge >= 0.3 is 0 Å². The van der Waals surface area contributed by atoms with Crippen molar-refractivity contribution in [1.29, 1.82) is 0 Å². The largest absolute Gasteiger partial charge is 0.396 e. The summed E-state index contributed by atoms with van der Waals surface area (Å²) in [4.78, 5) is 6.68. The Labute approximate surface area is 120 Å². The molecule has 2 N–H and O–H groups in total. The minimum Gasteiger partial charge on any atom is -0.396 e. The number of pyridine rings is 1. The Balaban J connectivity index is 2.11. The molecule has 1 saturated heterocycles. The van der Waals surface area contributed by atoms with Crippen LogP contribution in [-0.2, 0) is 4.74 Å². The molecule has 19 heavy (non-hydrogen) atoms. The van der Waals surface area contributed by atoms with E-state index in [-0.39, 0.29) is 6.10 Å². The van der Waals surface area contributed by atoms with E-state index in [2.05, 4.69) is 31.9 Å². The summed E-state index contributed by atoms with van der Waals surface area (Å²) >= 11 is 3.51. The Morgan fingerprint density at radius 3 is 3.05 bits per heavy atom. The normalized spacial score (nSPS) is 19.3. The highest BCUT2D eigenvalue weighted by molar-refractivity contribution is 9.10. The van der Waals surface area contributed by atoms with E-state index in [0.717, 1.165) is 46.3 Å². The van der Waals surface area contributed by atoms with Crippen LogP contribution in [-0.4, -0.2) is 31.3 Å². The molecule has 2 heterocycles. The Morgan fingerprint density at radius 2 is 2.32 bits per heavy atom. The fraction of sp³-hybridized carbons (Fsp3) is 0.357. The molecule has 0 saturated carbocycles. The predicted octanol–water partition coefficient (Wildman–Crippen LogP) is 2.80. The second-order valence-corrected chi connectivity index (χ2v) is 5.73. The number of nitrogens with zero attached hydrogens (tertiary/aromatic N) is 2. The SMILES string of the molecule is COC1CCN(c2c(N)cnc3ccc(Br)cc23)C1. The van der Waals surface area contributed by atoms with Crippen LogP contribution in [0.1, 0.15) is 6.42 Å². The maximum Gasteiger partial charge on any atom is 0.0762 e. The summed E-state index contributed by atoms with van der Waals surface area (Å²) in [5, 5.41) is 1.09. The van der Waals surface area contributed by atoms with E-state index >= 15 is 0 Å². The lowest BCUT2D eigenvalue weighted by atomic mass is 10.1. The van der Waals surface area contributed by atoms with E-state index in [1.54, 1.807) is 13.3 Å². The van der Waals surface area contributed by atoms with Gasteiger partial charge < -0.3 is 15.4 Å². The van der Waals surface area contributed by atoms with Crippen LogP contribution < -0.4 is 10.6 Å². The average molecular weight is 322 g/mol. The molecule has 100 valence electrons. The molecule has 0 amide bonds. The highest BCUT2D eigenvalue weighted by Gasteiger charge is 2.25. The molecule has 1 aromatic carbocycles. The van der Waals surface area contributed by atoms with Gasteiger partial charge in [-0.25, -0.2) is 0 Å². The molecule has 4 nitrogen and oxygen atoms in total. The molecule has 1 fully saturated rings. The number of methoxy groups -OCH3 is 1. The maximum absolute atomic E-state index is 6.14. The van der Waals surface area contributed by atoms with E-state index in [9.17, 15) is 0 Å². The van der Waals surface area contributed by atoms with Gasteiger partial charge in [0.2, 0.25) is 0 Å². The molecule has 1 atom stereocenters. The number of benzene rings is 1. The number of rotatable bonds is 2. The fourth-order valence-electron chi connectivity index (χ4n) is 2.64. The molecule has 0 spiro atoms. The molecule has 0 radical (unpaired) electrons. The Hall–Kier alpha value is -1.33. The zero-order chi connectivity index (χ0) is 13.4. The lowest BCUT2D eigenvalue weighted by molar-refractivity contribution is 0.121. The van der Waals surface area contributed by atoms with Crippen LogP contribution in [0.2, 0.25) is 0 Å². The minimum absolute atomic E-state index is 0.287. The minimum atomic E-state index is 0.287. The molecule has 0 bridgehead atoms. The fourth-order valence-corrected chi connectivity index (χ4v) is 3.00. The van der Waals surface area contributed by atoms with Gasteiger partial charge in [0.25, 0.3) is 0 Å². The van der Waals surface area contributed by atoms with Crippen molar-refractivity contribution in [3.8, 4) is 0 Å². The van der Waals surface area contributed by atoms with Crippen molar-refractivity contribution in [2.24, 2.45) is 0 Å². The third-order valence-corrected chi connectivity index (χ3v) is 4.12. The molecule has 1 aliphatic rings. The van der Waals surface area contributed by atoms with Gasteiger partial charge in [0, 0.05) is 30.1 Å². The monoisotopic (exact) mass is 321 g/mol. The summed E-state index contributed by atoms with van der Waals surface area (Å²) in [5.41, 5.74) is 8.91. The molecule has 3 rings (SSSR count). The van der Waals surface area contributed by atoms with Crippen LogP contribution in [0.4, 0.5) is 11.4 Å². The Morgan fingerprint density at radius 1 is 1.47 bits per heavy atom. The highest BCUT2D eigenvalue weighted by atomic mass is 79.9. The summed E-state index contributed by atoms with van der Waals surface area (Å²) in [6, 6.07) is 6.08. The number of anilines is 2. The van der Waals surface area contributed by atoms with E-state index in [4.69, 9.17) is 10.5 Å². The lowest BCUT2D eigenvalue weighted by Gasteiger charge is -2.22. The van der Waals surface area contributed by atoms with Crippen LogP contribution in [0, 0.1) is 0 Å². The Bertz CT molecular complexity index is 612. The van der Waals surface area contributed by atoms with Gasteiger partial charge in [-0.05, 0) is 24.6 Å². The molecule has 1 aromatic heterocycles. The predicted molar refractivity (Wildman–Crippen MR) is 81.5 cm³/mol. The van der Waals surface area contributed by atoms with Gasteiger partial charge in [-0.15, -0.1) is 0 Å². The van der Waals surface area contributed by atoms with Crippen LogP contribution in [0.3, 0.4) is 0 Å². The highest BCUT2D eigenvalue weighted by Crippen LogP contribution is 2.35. The van der Waals surface area contributed by atoms with Crippen LogP contribution in [0.25, 0.3) is 10.9 Å². The number of nitrogens with two attached hydrogens (primary N) is 1. The lowest BCUT2D eigenvalue weighted by Crippen LogP contribution is -2.23. The summed E-state index contributed by atoms with van der Waals surface area (Å²) in [5.74, 6) is 0. The number of hydrogen-bond acceptors (Lipinski definition) is 4. The second-order valence-electron chi connectivity index (χ2n) is 4.82. The number of aromatic nitrogens is 1. The first kappa shape index (κ1) is 12.7. The third kappa shape index (κ3) is 2.28. The summed E-state index contributed by atoms with van der Waals surface area (Å²) in [6.07, 6.45) is 3.06. The zero-order valence-corrected chi connectivity index (χ0v) is 12.4. The summed E-state index contributed by atoms with van der Waals surface area (Å²) in [7, 11) is 1.76. The van der Waals surface area contributed by atoms with Crippen molar-refractivity contribution in [3.63, 3.8) is 0 Å². The standard InChI is InChI=1S/C14H16BrN3O/c1-19-10-4-5-18(8-10)14-11-6-9(15)2-3-13(11)17-7-12(14)16/h2-3,6-7,10H,4-5,8,16H2,1H3. The summed E-state index contributed by atoms with van der Waals surface area (Å²) in [6.45, 7) is 1.85. The Kier molecular flexibility index (Phi) is 3.33. The van der Waals surface area contributed by atoms with Crippen molar-refractivity contribution >= 4 is 38.2 Å². The molecule has 0 aliphatic carbocycles. The van der Waals surface area contributed by atoms with E-state index < -0.39 is 0 Å². The zero-order valence-electron chi connectivity index (χ0n) is 10.8. The molecular weight excluding hydrogens is 306 g/mol. The third-order valence-electron chi connectivity index (χ3n) is 3.62. The van der Waals surface area contributed by atoms with Gasteiger partial charge in [0.1, 0.15) is 0 Å².